The SMILES string of the molecule is CC[C@@H](C(=O)NCCOC)N(c1ccc(C)cc1)S(C)(=O)=O. The van der Waals surface area contributed by atoms with E-state index in [-0.39, 0.29) is 5.91 Å². The Morgan fingerprint density at radius 1 is 1.32 bits per heavy atom. The molecule has 0 aromatic heterocycles. The first-order chi connectivity index (χ1) is 10.3. The van der Waals surface area contributed by atoms with Gasteiger partial charge in [0.1, 0.15) is 6.04 Å². The predicted octanol–water partition coefficient (Wildman–Crippen LogP) is 1.30. The van der Waals surface area contributed by atoms with Crippen molar-refractivity contribution >= 4 is 21.6 Å². The molecule has 1 N–H and O–H groups in total. The molecule has 0 fully saturated rings. The molecule has 0 aliphatic carbocycles. The zero-order valence-corrected chi connectivity index (χ0v) is 14.3. The first-order valence-corrected chi connectivity index (χ1v) is 8.98. The minimum atomic E-state index is -3.58. The summed E-state index contributed by atoms with van der Waals surface area (Å²) in [6.45, 7) is 4.43. The lowest BCUT2D eigenvalue weighted by Gasteiger charge is -2.30. The van der Waals surface area contributed by atoms with E-state index in [9.17, 15) is 13.2 Å². The summed E-state index contributed by atoms with van der Waals surface area (Å²) in [5.41, 5.74) is 1.51. The molecule has 1 aromatic rings. The molecule has 0 saturated heterocycles. The third kappa shape index (κ3) is 4.99. The summed E-state index contributed by atoms with van der Waals surface area (Å²) in [5, 5.41) is 2.70. The fourth-order valence-corrected chi connectivity index (χ4v) is 3.36. The number of ether oxygens (including phenoxy) is 1. The summed E-state index contributed by atoms with van der Waals surface area (Å²) in [5.74, 6) is -0.328. The lowest BCUT2D eigenvalue weighted by Crippen LogP contribution is -2.49. The molecule has 1 rings (SSSR count). The van der Waals surface area contributed by atoms with Crippen LogP contribution in [0.2, 0.25) is 0 Å². The molecule has 1 amide bonds. The van der Waals surface area contributed by atoms with E-state index in [4.69, 9.17) is 4.74 Å². The molecule has 124 valence electrons. The molecule has 0 radical (unpaired) electrons. The van der Waals surface area contributed by atoms with Gasteiger partial charge in [-0.1, -0.05) is 24.6 Å². The van der Waals surface area contributed by atoms with Crippen molar-refractivity contribution in [1.82, 2.24) is 5.32 Å². The number of hydrogen-bond donors (Lipinski definition) is 1. The fourth-order valence-electron chi connectivity index (χ4n) is 2.15. The average Bonchev–Trinajstić information content (AvgIpc) is 2.44. The third-order valence-electron chi connectivity index (χ3n) is 3.22. The van der Waals surface area contributed by atoms with Crippen molar-refractivity contribution in [2.24, 2.45) is 0 Å². The van der Waals surface area contributed by atoms with Gasteiger partial charge < -0.3 is 10.1 Å². The molecule has 22 heavy (non-hydrogen) atoms. The fraction of sp³-hybridized carbons (Fsp3) is 0.533. The van der Waals surface area contributed by atoms with Crippen LogP contribution in [0.15, 0.2) is 24.3 Å². The van der Waals surface area contributed by atoms with Crippen molar-refractivity contribution in [3.8, 4) is 0 Å². The number of anilines is 1. The van der Waals surface area contributed by atoms with Crippen LogP contribution in [-0.2, 0) is 19.6 Å². The van der Waals surface area contributed by atoms with Crippen LogP contribution < -0.4 is 9.62 Å². The zero-order chi connectivity index (χ0) is 16.8. The van der Waals surface area contributed by atoms with Gasteiger partial charge in [0.15, 0.2) is 0 Å². The van der Waals surface area contributed by atoms with Crippen LogP contribution in [0.3, 0.4) is 0 Å². The van der Waals surface area contributed by atoms with E-state index >= 15 is 0 Å². The van der Waals surface area contributed by atoms with Gasteiger partial charge in [-0.25, -0.2) is 8.42 Å². The maximum Gasteiger partial charge on any atom is 0.243 e. The summed E-state index contributed by atoms with van der Waals surface area (Å²) >= 11 is 0. The van der Waals surface area contributed by atoms with Crippen molar-refractivity contribution in [2.45, 2.75) is 26.3 Å². The molecule has 0 unspecified atom stereocenters. The highest BCUT2D eigenvalue weighted by molar-refractivity contribution is 7.92. The molecule has 6 nitrogen and oxygen atoms in total. The topological polar surface area (TPSA) is 75.7 Å². The van der Waals surface area contributed by atoms with Gasteiger partial charge in [0, 0.05) is 13.7 Å². The van der Waals surface area contributed by atoms with Crippen LogP contribution in [0.4, 0.5) is 5.69 Å². The number of nitrogens with one attached hydrogen (secondary N) is 1. The quantitative estimate of drug-likeness (QED) is 0.730. The smallest absolute Gasteiger partial charge is 0.243 e. The summed E-state index contributed by atoms with van der Waals surface area (Å²) in [6, 6.07) is 6.28. The van der Waals surface area contributed by atoms with Crippen LogP contribution in [0.25, 0.3) is 0 Å². The monoisotopic (exact) mass is 328 g/mol. The lowest BCUT2D eigenvalue weighted by atomic mass is 10.1. The van der Waals surface area contributed by atoms with Gasteiger partial charge in [-0.05, 0) is 25.5 Å². The van der Waals surface area contributed by atoms with Crippen LogP contribution >= 0.6 is 0 Å². The normalized spacial score (nSPS) is 12.7. The number of sulfonamides is 1. The van der Waals surface area contributed by atoms with Crippen molar-refractivity contribution < 1.29 is 17.9 Å². The molecular formula is C15H24N2O4S. The van der Waals surface area contributed by atoms with Gasteiger partial charge in [-0.3, -0.25) is 9.10 Å². The van der Waals surface area contributed by atoms with Crippen LogP contribution in [0.5, 0.6) is 0 Å². The second kappa shape index (κ2) is 8.14. The second-order valence-electron chi connectivity index (χ2n) is 5.10. The Hall–Kier alpha value is -1.60. The van der Waals surface area contributed by atoms with Crippen LogP contribution in [0.1, 0.15) is 18.9 Å². The molecular weight excluding hydrogens is 304 g/mol. The van der Waals surface area contributed by atoms with Crippen LogP contribution in [0, 0.1) is 6.92 Å². The standard InChI is InChI=1S/C15H24N2O4S/c1-5-14(15(18)16-10-11-21-3)17(22(4,19)20)13-8-6-12(2)7-9-13/h6-9,14H,5,10-11H2,1-4H3,(H,16,18)/t14-/m0/s1. The summed E-state index contributed by atoms with van der Waals surface area (Å²) in [6.07, 6.45) is 1.48. The molecule has 0 aliphatic rings. The number of hydrogen-bond acceptors (Lipinski definition) is 4. The van der Waals surface area contributed by atoms with Crippen molar-refractivity contribution in [3.63, 3.8) is 0 Å². The number of nitrogens with zero attached hydrogens (tertiary/aromatic N) is 1. The Kier molecular flexibility index (Phi) is 6.83. The number of methoxy groups -OCH3 is 1. The molecule has 0 saturated carbocycles. The highest BCUT2D eigenvalue weighted by Gasteiger charge is 2.31. The van der Waals surface area contributed by atoms with Crippen molar-refractivity contribution in [2.75, 3.05) is 30.8 Å². The van der Waals surface area contributed by atoms with Crippen LogP contribution in [-0.4, -0.2) is 46.9 Å². The van der Waals surface area contributed by atoms with E-state index in [1.54, 1.807) is 26.2 Å². The van der Waals surface area contributed by atoms with E-state index in [0.29, 0.717) is 25.3 Å². The van der Waals surface area contributed by atoms with E-state index < -0.39 is 16.1 Å². The third-order valence-corrected chi connectivity index (χ3v) is 4.40. The summed E-state index contributed by atoms with van der Waals surface area (Å²) in [7, 11) is -2.04. The minimum absolute atomic E-state index is 0.328. The van der Waals surface area contributed by atoms with Gasteiger partial charge in [0.25, 0.3) is 0 Å². The Labute approximate surface area is 132 Å². The molecule has 0 heterocycles. The Morgan fingerprint density at radius 3 is 2.36 bits per heavy atom. The molecule has 0 spiro atoms. The van der Waals surface area contributed by atoms with Gasteiger partial charge in [0.05, 0.1) is 18.6 Å². The number of benzene rings is 1. The maximum absolute atomic E-state index is 12.3. The summed E-state index contributed by atoms with van der Waals surface area (Å²) in [4.78, 5) is 12.3. The lowest BCUT2D eigenvalue weighted by molar-refractivity contribution is -0.122. The van der Waals surface area contributed by atoms with Gasteiger partial charge >= 0.3 is 0 Å². The largest absolute Gasteiger partial charge is 0.383 e. The number of rotatable bonds is 8. The predicted molar refractivity (Wildman–Crippen MR) is 87.5 cm³/mol. The highest BCUT2D eigenvalue weighted by Crippen LogP contribution is 2.22. The van der Waals surface area contributed by atoms with Crippen molar-refractivity contribution in [3.05, 3.63) is 29.8 Å². The number of carbonyl (C=O) groups excluding carboxylic acids is 1. The zero-order valence-electron chi connectivity index (χ0n) is 13.5. The number of amides is 1. The van der Waals surface area contributed by atoms with Gasteiger partial charge in [0.2, 0.25) is 15.9 Å². The van der Waals surface area contributed by atoms with E-state index in [0.717, 1.165) is 11.8 Å². The first kappa shape index (κ1) is 18.4. The Bertz CT molecular complexity index is 584. The molecule has 1 aromatic carbocycles. The van der Waals surface area contributed by atoms with Crippen molar-refractivity contribution in [1.29, 1.82) is 0 Å². The van der Waals surface area contributed by atoms with Gasteiger partial charge in [-0.2, -0.15) is 0 Å². The Balaban J connectivity index is 3.08. The number of aryl methyl sites for hydroxylation is 1. The van der Waals surface area contributed by atoms with E-state index in [2.05, 4.69) is 5.32 Å². The van der Waals surface area contributed by atoms with Gasteiger partial charge in [-0.15, -0.1) is 0 Å². The van der Waals surface area contributed by atoms with E-state index in [1.165, 1.54) is 4.31 Å². The van der Waals surface area contributed by atoms with E-state index in [1.807, 2.05) is 19.1 Å². The first-order valence-electron chi connectivity index (χ1n) is 7.14. The maximum atomic E-state index is 12.3. The Morgan fingerprint density at radius 2 is 1.91 bits per heavy atom. The highest BCUT2D eigenvalue weighted by atomic mass is 32.2. The number of carbonyl (C=O) groups is 1. The molecule has 1 atom stereocenters. The molecule has 0 bridgehead atoms. The average molecular weight is 328 g/mol. The minimum Gasteiger partial charge on any atom is -0.383 e. The molecule has 7 heteroatoms. The second-order valence-corrected chi connectivity index (χ2v) is 6.96. The summed E-state index contributed by atoms with van der Waals surface area (Å²) < 4.78 is 30.4. The molecule has 0 aliphatic heterocycles.